The van der Waals surface area contributed by atoms with Crippen molar-refractivity contribution < 1.29 is 4.79 Å². The van der Waals surface area contributed by atoms with Crippen LogP contribution in [0.15, 0.2) is 65.6 Å². The normalized spacial score (nSPS) is 11.2. The van der Waals surface area contributed by atoms with Gasteiger partial charge < -0.3 is 9.88 Å². The summed E-state index contributed by atoms with van der Waals surface area (Å²) in [6.07, 6.45) is 3.65. The molecule has 0 bridgehead atoms. The lowest BCUT2D eigenvalue weighted by Gasteiger charge is -2.08. The molecule has 148 valence electrons. The number of rotatable bonds is 7. The number of nitrogens with zero attached hydrogens (tertiary/aromatic N) is 3. The minimum Gasteiger partial charge on any atom is -0.356 e. The van der Waals surface area contributed by atoms with Gasteiger partial charge >= 0.3 is 0 Å². The predicted octanol–water partition coefficient (Wildman–Crippen LogP) is 3.03. The number of hydrogen-bond donors (Lipinski definition) is 1. The highest BCUT2D eigenvalue weighted by Gasteiger charge is 2.14. The van der Waals surface area contributed by atoms with Gasteiger partial charge in [0, 0.05) is 42.8 Å². The molecule has 0 aliphatic carbocycles. The van der Waals surface area contributed by atoms with Crippen molar-refractivity contribution in [1.29, 1.82) is 0 Å². The van der Waals surface area contributed by atoms with Crippen LogP contribution in [-0.2, 0) is 24.8 Å². The molecule has 2 heterocycles. The van der Waals surface area contributed by atoms with Crippen LogP contribution in [0, 0.1) is 0 Å². The molecule has 29 heavy (non-hydrogen) atoms. The van der Waals surface area contributed by atoms with Crippen molar-refractivity contribution in [2.24, 2.45) is 7.05 Å². The van der Waals surface area contributed by atoms with Crippen LogP contribution in [0.1, 0.15) is 18.4 Å². The second kappa shape index (κ2) is 8.31. The number of aryl methyl sites for hydroxylation is 2. The Morgan fingerprint density at radius 1 is 1.03 bits per heavy atom. The topological polar surface area (TPSA) is 68.9 Å². The molecule has 0 radical (unpaired) electrons. The number of carbonyl (C=O) groups is 1. The quantitative estimate of drug-likeness (QED) is 0.529. The lowest BCUT2D eigenvalue weighted by atomic mass is 10.1. The molecule has 1 N–H and O–H groups in total. The van der Waals surface area contributed by atoms with E-state index in [-0.39, 0.29) is 11.5 Å². The Kier molecular flexibility index (Phi) is 5.42. The minimum absolute atomic E-state index is 0.0382. The summed E-state index contributed by atoms with van der Waals surface area (Å²) in [6, 6.07) is 18.1. The maximum absolute atomic E-state index is 12.7. The van der Waals surface area contributed by atoms with Crippen LogP contribution in [-0.4, -0.2) is 26.8 Å². The van der Waals surface area contributed by atoms with Crippen molar-refractivity contribution in [3.63, 3.8) is 0 Å². The highest BCUT2D eigenvalue weighted by molar-refractivity contribution is 6.07. The zero-order valence-electron chi connectivity index (χ0n) is 16.5. The Balaban J connectivity index is 1.43. The number of aromatic nitrogens is 3. The molecular weight excluding hydrogens is 364 g/mol. The maximum Gasteiger partial charge on any atom is 0.291 e. The van der Waals surface area contributed by atoms with E-state index >= 15 is 0 Å². The van der Waals surface area contributed by atoms with E-state index in [1.54, 1.807) is 13.2 Å². The van der Waals surface area contributed by atoms with Gasteiger partial charge in [-0.15, -0.1) is 0 Å². The number of hydrogen-bond acceptors (Lipinski definition) is 3. The van der Waals surface area contributed by atoms with Gasteiger partial charge in [0.2, 0.25) is 5.91 Å². The van der Waals surface area contributed by atoms with E-state index in [0.717, 1.165) is 22.7 Å². The van der Waals surface area contributed by atoms with E-state index in [2.05, 4.69) is 22.5 Å². The molecule has 4 rings (SSSR count). The van der Waals surface area contributed by atoms with Crippen molar-refractivity contribution >= 4 is 27.7 Å². The van der Waals surface area contributed by atoms with Gasteiger partial charge in [0.1, 0.15) is 5.52 Å². The lowest BCUT2D eigenvalue weighted by molar-refractivity contribution is -0.121. The van der Waals surface area contributed by atoms with Gasteiger partial charge in [-0.05, 0) is 24.5 Å². The first-order chi connectivity index (χ1) is 14.1. The summed E-state index contributed by atoms with van der Waals surface area (Å²) in [7, 11) is 1.66. The first-order valence-corrected chi connectivity index (χ1v) is 9.89. The van der Waals surface area contributed by atoms with Crippen LogP contribution in [0.5, 0.6) is 0 Å². The Bertz CT molecular complexity index is 1210. The van der Waals surface area contributed by atoms with Crippen LogP contribution in [0.4, 0.5) is 0 Å². The summed E-state index contributed by atoms with van der Waals surface area (Å²) < 4.78 is 3.37. The summed E-state index contributed by atoms with van der Waals surface area (Å²) in [6.45, 7) is 1.24. The number of fused-ring (bicyclic) bond motifs is 3. The monoisotopic (exact) mass is 388 g/mol. The van der Waals surface area contributed by atoms with Crippen molar-refractivity contribution in [3.8, 4) is 0 Å². The Morgan fingerprint density at radius 3 is 2.62 bits per heavy atom. The fraction of sp³-hybridized carbons (Fsp3) is 0.261. The van der Waals surface area contributed by atoms with Gasteiger partial charge in [0.25, 0.3) is 5.56 Å². The largest absolute Gasteiger partial charge is 0.356 e. The van der Waals surface area contributed by atoms with Gasteiger partial charge in [0.05, 0.1) is 6.20 Å². The van der Waals surface area contributed by atoms with Crippen LogP contribution < -0.4 is 10.9 Å². The molecule has 0 unspecified atom stereocenters. The van der Waals surface area contributed by atoms with E-state index < -0.39 is 0 Å². The molecule has 0 saturated heterocycles. The van der Waals surface area contributed by atoms with Crippen LogP contribution >= 0.6 is 0 Å². The van der Waals surface area contributed by atoms with Crippen molar-refractivity contribution in [3.05, 3.63) is 76.7 Å². The highest BCUT2D eigenvalue weighted by Crippen LogP contribution is 2.26. The van der Waals surface area contributed by atoms with Gasteiger partial charge in [0.15, 0.2) is 0 Å². The average molecular weight is 388 g/mol. The van der Waals surface area contributed by atoms with E-state index in [1.807, 2.05) is 47.0 Å². The molecule has 0 spiro atoms. The average Bonchev–Trinajstić information content (AvgIpc) is 3.06. The fourth-order valence-electron chi connectivity index (χ4n) is 3.75. The number of para-hydroxylation sites is 1. The van der Waals surface area contributed by atoms with Crippen molar-refractivity contribution in [2.75, 3.05) is 6.54 Å². The molecule has 0 atom stereocenters. The van der Waals surface area contributed by atoms with Gasteiger partial charge in [-0.2, -0.15) is 5.10 Å². The molecule has 4 aromatic rings. The molecule has 1 amide bonds. The zero-order valence-corrected chi connectivity index (χ0v) is 16.5. The first kappa shape index (κ1) is 18.9. The molecule has 6 heteroatoms. The summed E-state index contributed by atoms with van der Waals surface area (Å²) in [5.41, 5.74) is 2.74. The molecule has 0 aliphatic heterocycles. The third-order valence-electron chi connectivity index (χ3n) is 5.23. The second-order valence-corrected chi connectivity index (χ2v) is 7.19. The summed E-state index contributed by atoms with van der Waals surface area (Å²) in [5.74, 6) is 0.0382. The Hall–Kier alpha value is -3.41. The molecule has 0 aliphatic rings. The van der Waals surface area contributed by atoms with Gasteiger partial charge in [-0.25, -0.2) is 4.68 Å². The fourth-order valence-corrected chi connectivity index (χ4v) is 3.75. The number of amides is 1. The number of nitrogens with one attached hydrogen (secondary N) is 1. The van der Waals surface area contributed by atoms with E-state index in [9.17, 15) is 9.59 Å². The number of carbonyl (C=O) groups excluding carboxylic acids is 1. The van der Waals surface area contributed by atoms with Crippen molar-refractivity contribution in [1.82, 2.24) is 19.7 Å². The molecule has 2 aromatic heterocycles. The zero-order chi connectivity index (χ0) is 20.2. The summed E-state index contributed by atoms with van der Waals surface area (Å²) >= 11 is 0. The van der Waals surface area contributed by atoms with Crippen LogP contribution in [0.2, 0.25) is 0 Å². The third kappa shape index (κ3) is 3.92. The summed E-state index contributed by atoms with van der Waals surface area (Å²) in [4.78, 5) is 24.9. The molecule has 2 aromatic carbocycles. The number of benzene rings is 2. The third-order valence-corrected chi connectivity index (χ3v) is 5.23. The lowest BCUT2D eigenvalue weighted by Crippen LogP contribution is -2.26. The standard InChI is InChI=1S/C23H24N4O2/c1-26-23(29)22-19(16-25-26)18-10-5-6-11-20(18)27(22)15-7-12-21(28)24-14-13-17-8-3-2-4-9-17/h2-6,8-11,16H,7,12-15H2,1H3,(H,24,28). The van der Waals surface area contributed by atoms with Crippen LogP contribution in [0.3, 0.4) is 0 Å². The Labute approximate surface area is 168 Å². The SMILES string of the molecule is Cn1ncc2c3ccccc3n(CCCC(=O)NCCc3ccccc3)c2c1=O. The summed E-state index contributed by atoms with van der Waals surface area (Å²) in [5, 5.41) is 9.02. The minimum atomic E-state index is -0.119. The molecule has 6 nitrogen and oxygen atoms in total. The van der Waals surface area contributed by atoms with E-state index in [1.165, 1.54) is 10.2 Å². The van der Waals surface area contributed by atoms with Gasteiger partial charge in [-0.1, -0.05) is 48.5 Å². The van der Waals surface area contributed by atoms with E-state index in [0.29, 0.717) is 31.4 Å². The molecule has 0 fully saturated rings. The Morgan fingerprint density at radius 2 is 1.79 bits per heavy atom. The predicted molar refractivity (Wildman–Crippen MR) is 115 cm³/mol. The molecule has 0 saturated carbocycles. The van der Waals surface area contributed by atoms with Crippen molar-refractivity contribution in [2.45, 2.75) is 25.8 Å². The smallest absolute Gasteiger partial charge is 0.291 e. The second-order valence-electron chi connectivity index (χ2n) is 7.19. The maximum atomic E-state index is 12.7. The van der Waals surface area contributed by atoms with Crippen LogP contribution in [0.25, 0.3) is 21.8 Å². The highest BCUT2D eigenvalue weighted by atomic mass is 16.1. The molecular formula is C23H24N4O2. The van der Waals surface area contributed by atoms with Gasteiger partial charge in [-0.3, -0.25) is 9.59 Å². The van der Waals surface area contributed by atoms with E-state index in [4.69, 9.17) is 0 Å². The first-order valence-electron chi connectivity index (χ1n) is 9.89.